The third-order valence-corrected chi connectivity index (χ3v) is 1.85. The molecule has 3 N–H and O–H groups in total. The molecule has 1 heterocycles. The number of phenolic OH excluding ortho intramolecular Hbond substituents is 1. The number of nitrogens with two attached hydrogens (primary N) is 1. The molecule has 4 heteroatoms. The van der Waals surface area contributed by atoms with Gasteiger partial charge in [-0.25, -0.2) is 0 Å². The predicted molar refractivity (Wildman–Crippen MR) is 57.5 cm³/mol. The molecule has 0 radical (unpaired) electrons. The molecule has 0 saturated carbocycles. The first-order chi connectivity index (χ1) is 6.27. The van der Waals surface area contributed by atoms with Crippen LogP contribution in [-0.4, -0.2) is 5.11 Å². The molecular weight excluding hydrogens is 202 g/mol. The van der Waals surface area contributed by atoms with Crippen LogP contribution in [0.5, 0.6) is 5.75 Å². The number of anilines is 1. The molecule has 2 rings (SSSR count). The second kappa shape index (κ2) is 4.07. The highest BCUT2D eigenvalue weighted by Crippen LogP contribution is 2.30. The summed E-state index contributed by atoms with van der Waals surface area (Å²) in [5.74, 6) is 0.168. The van der Waals surface area contributed by atoms with Crippen LogP contribution in [-0.2, 0) is 0 Å². The Morgan fingerprint density at radius 3 is 2.57 bits per heavy atom. The molecule has 3 nitrogen and oxygen atoms in total. The summed E-state index contributed by atoms with van der Waals surface area (Å²) >= 11 is 0. The van der Waals surface area contributed by atoms with Gasteiger partial charge in [0.2, 0.25) is 0 Å². The van der Waals surface area contributed by atoms with E-state index >= 15 is 0 Å². The van der Waals surface area contributed by atoms with Crippen molar-refractivity contribution in [3.05, 3.63) is 36.8 Å². The molecule has 74 valence electrons. The van der Waals surface area contributed by atoms with Crippen LogP contribution in [0.15, 0.2) is 41.2 Å². The van der Waals surface area contributed by atoms with Crippen LogP contribution in [0.2, 0.25) is 0 Å². The van der Waals surface area contributed by atoms with E-state index in [1.54, 1.807) is 30.7 Å². The van der Waals surface area contributed by atoms with Gasteiger partial charge in [0.1, 0.15) is 5.75 Å². The molecule has 0 saturated heterocycles. The van der Waals surface area contributed by atoms with Gasteiger partial charge in [0.15, 0.2) is 0 Å². The molecule has 0 fully saturated rings. The SMILES string of the molecule is Cl.Nc1ccc(-c2ccoc2)c(O)c1. The van der Waals surface area contributed by atoms with Crippen LogP contribution in [0.25, 0.3) is 11.1 Å². The van der Waals surface area contributed by atoms with Crippen molar-refractivity contribution >= 4 is 18.1 Å². The summed E-state index contributed by atoms with van der Waals surface area (Å²) in [6.45, 7) is 0. The molecule has 0 amide bonds. The molecule has 0 spiro atoms. The molecule has 0 atom stereocenters. The van der Waals surface area contributed by atoms with Crippen LogP contribution in [0.4, 0.5) is 5.69 Å². The fourth-order valence-electron chi connectivity index (χ4n) is 1.21. The van der Waals surface area contributed by atoms with Crippen molar-refractivity contribution in [3.8, 4) is 16.9 Å². The smallest absolute Gasteiger partial charge is 0.125 e. The van der Waals surface area contributed by atoms with Crippen LogP contribution < -0.4 is 5.73 Å². The number of hydrogen-bond donors (Lipinski definition) is 2. The van der Waals surface area contributed by atoms with Crippen molar-refractivity contribution in [2.45, 2.75) is 0 Å². The lowest BCUT2D eigenvalue weighted by Crippen LogP contribution is -1.84. The van der Waals surface area contributed by atoms with Crippen molar-refractivity contribution in [2.75, 3.05) is 5.73 Å². The fraction of sp³-hybridized carbons (Fsp3) is 0. The van der Waals surface area contributed by atoms with Crippen molar-refractivity contribution in [2.24, 2.45) is 0 Å². The van der Waals surface area contributed by atoms with Gasteiger partial charge in [-0.15, -0.1) is 12.4 Å². The maximum Gasteiger partial charge on any atom is 0.125 e. The normalized spacial score (nSPS) is 9.43. The number of rotatable bonds is 1. The zero-order valence-corrected chi connectivity index (χ0v) is 8.12. The number of aromatic hydroxyl groups is 1. The molecule has 0 bridgehead atoms. The van der Waals surface area contributed by atoms with Crippen molar-refractivity contribution in [1.82, 2.24) is 0 Å². The molecule has 0 aliphatic rings. The van der Waals surface area contributed by atoms with Gasteiger partial charge in [-0.2, -0.15) is 0 Å². The van der Waals surface area contributed by atoms with Crippen molar-refractivity contribution in [1.29, 1.82) is 0 Å². The number of furan rings is 1. The highest BCUT2D eigenvalue weighted by atomic mass is 35.5. The summed E-state index contributed by atoms with van der Waals surface area (Å²) in [7, 11) is 0. The third kappa shape index (κ3) is 1.83. The van der Waals surface area contributed by atoms with E-state index in [-0.39, 0.29) is 18.2 Å². The van der Waals surface area contributed by atoms with Gasteiger partial charge in [-0.05, 0) is 18.2 Å². The Morgan fingerprint density at radius 2 is 2.00 bits per heavy atom. The Labute approximate surface area is 87.6 Å². The minimum Gasteiger partial charge on any atom is -0.507 e. The maximum atomic E-state index is 9.54. The van der Waals surface area contributed by atoms with Crippen molar-refractivity contribution < 1.29 is 9.52 Å². The summed E-state index contributed by atoms with van der Waals surface area (Å²) in [6, 6.07) is 6.80. The highest BCUT2D eigenvalue weighted by Gasteiger charge is 2.04. The van der Waals surface area contributed by atoms with Gasteiger partial charge in [-0.3, -0.25) is 0 Å². The predicted octanol–water partition coefficient (Wildman–Crippen LogP) is 2.66. The Bertz CT molecular complexity index is 412. The summed E-state index contributed by atoms with van der Waals surface area (Å²) in [5, 5.41) is 9.54. The summed E-state index contributed by atoms with van der Waals surface area (Å²) in [6.07, 6.45) is 3.14. The molecule has 14 heavy (non-hydrogen) atoms. The molecule has 0 unspecified atom stereocenters. The van der Waals surface area contributed by atoms with Gasteiger partial charge >= 0.3 is 0 Å². The Balaban J connectivity index is 0.000000980. The largest absolute Gasteiger partial charge is 0.507 e. The molecule has 1 aromatic heterocycles. The first-order valence-electron chi connectivity index (χ1n) is 3.88. The zero-order valence-electron chi connectivity index (χ0n) is 7.31. The van der Waals surface area contributed by atoms with E-state index in [4.69, 9.17) is 10.2 Å². The van der Waals surface area contributed by atoms with Crippen LogP contribution >= 0.6 is 12.4 Å². The van der Waals surface area contributed by atoms with Crippen LogP contribution in [0.1, 0.15) is 0 Å². The first-order valence-corrected chi connectivity index (χ1v) is 3.88. The van der Waals surface area contributed by atoms with Crippen molar-refractivity contribution in [3.63, 3.8) is 0 Å². The fourth-order valence-corrected chi connectivity index (χ4v) is 1.21. The second-order valence-electron chi connectivity index (χ2n) is 2.79. The van der Waals surface area contributed by atoms with Crippen LogP contribution in [0.3, 0.4) is 0 Å². The number of phenols is 1. The number of halogens is 1. The van der Waals surface area contributed by atoms with E-state index in [0.717, 1.165) is 11.1 Å². The summed E-state index contributed by atoms with van der Waals surface area (Å²) in [4.78, 5) is 0. The van der Waals surface area contributed by atoms with E-state index in [1.807, 2.05) is 0 Å². The van der Waals surface area contributed by atoms with E-state index in [1.165, 1.54) is 6.07 Å². The lowest BCUT2D eigenvalue weighted by atomic mass is 10.1. The van der Waals surface area contributed by atoms with E-state index in [0.29, 0.717) is 5.69 Å². The molecule has 2 aromatic rings. The third-order valence-electron chi connectivity index (χ3n) is 1.85. The first kappa shape index (κ1) is 10.5. The average Bonchev–Trinajstić information content (AvgIpc) is 2.56. The molecular formula is C10H10ClNO2. The minimum absolute atomic E-state index is 0. The van der Waals surface area contributed by atoms with Crippen LogP contribution in [0, 0.1) is 0 Å². The second-order valence-corrected chi connectivity index (χ2v) is 2.79. The van der Waals surface area contributed by atoms with Gasteiger partial charge in [0.05, 0.1) is 12.5 Å². The topological polar surface area (TPSA) is 59.4 Å². The van der Waals surface area contributed by atoms with Gasteiger partial charge in [0.25, 0.3) is 0 Å². The Kier molecular flexibility index (Phi) is 3.04. The quantitative estimate of drug-likeness (QED) is 0.713. The van der Waals surface area contributed by atoms with Gasteiger partial charge in [-0.1, -0.05) is 0 Å². The van der Waals surface area contributed by atoms with E-state index in [2.05, 4.69) is 0 Å². The maximum absolute atomic E-state index is 9.54. The van der Waals surface area contributed by atoms with Gasteiger partial charge < -0.3 is 15.3 Å². The summed E-state index contributed by atoms with van der Waals surface area (Å²) in [5.41, 5.74) is 7.61. The van der Waals surface area contributed by atoms with E-state index < -0.39 is 0 Å². The van der Waals surface area contributed by atoms with E-state index in [9.17, 15) is 5.11 Å². The Hall–Kier alpha value is -1.61. The van der Waals surface area contributed by atoms with Gasteiger partial charge in [0, 0.05) is 22.9 Å². The molecule has 0 aliphatic heterocycles. The summed E-state index contributed by atoms with van der Waals surface area (Å²) < 4.78 is 4.91. The molecule has 0 aliphatic carbocycles. The minimum atomic E-state index is 0. The monoisotopic (exact) mass is 211 g/mol. The number of hydrogen-bond acceptors (Lipinski definition) is 3. The zero-order chi connectivity index (χ0) is 9.26. The standard InChI is InChI=1S/C10H9NO2.ClH/c11-8-1-2-9(10(12)5-8)7-3-4-13-6-7;/h1-6,12H,11H2;1H. The lowest BCUT2D eigenvalue weighted by molar-refractivity contribution is 0.477. The average molecular weight is 212 g/mol. The number of nitrogen functional groups attached to an aromatic ring is 1. The highest BCUT2D eigenvalue weighted by molar-refractivity contribution is 5.85. The molecule has 1 aromatic carbocycles. The Morgan fingerprint density at radius 1 is 1.21 bits per heavy atom. The lowest BCUT2D eigenvalue weighted by Gasteiger charge is -2.01. The number of benzene rings is 1.